The molecule has 0 spiro atoms. The van der Waals surface area contributed by atoms with Gasteiger partial charge in [-0.25, -0.2) is 8.78 Å². The van der Waals surface area contributed by atoms with Crippen molar-refractivity contribution in [2.75, 3.05) is 33.4 Å². The SMILES string of the molecule is CCNC1CC2CN(CCOC)C(=O)c3c(O)c(=O)c(C(=O)NCc4ccc(F)cc4F)c1n32. The third kappa shape index (κ3) is 4.05. The lowest BCUT2D eigenvalue weighted by atomic mass is 10.0. The van der Waals surface area contributed by atoms with E-state index in [-0.39, 0.29) is 29.4 Å². The second-order valence-corrected chi connectivity index (χ2v) is 8.32. The number of halogens is 2. The van der Waals surface area contributed by atoms with E-state index in [2.05, 4.69) is 10.6 Å². The highest BCUT2D eigenvalue weighted by molar-refractivity contribution is 6.00. The van der Waals surface area contributed by atoms with E-state index < -0.39 is 40.7 Å². The maximum atomic E-state index is 14.0. The number of ether oxygens (including phenoxy) is 1. The Bertz CT molecular complexity index is 1200. The molecule has 2 amide bonds. The van der Waals surface area contributed by atoms with Gasteiger partial charge in [-0.05, 0) is 19.0 Å². The first-order chi connectivity index (χ1) is 16.3. The molecule has 2 atom stereocenters. The number of hydrogen-bond acceptors (Lipinski definition) is 6. The Morgan fingerprint density at radius 1 is 1.29 bits per heavy atom. The van der Waals surface area contributed by atoms with Crippen LogP contribution in [0.2, 0.25) is 0 Å². The van der Waals surface area contributed by atoms with Gasteiger partial charge in [-0.3, -0.25) is 14.4 Å². The molecule has 9 nitrogen and oxygen atoms in total. The summed E-state index contributed by atoms with van der Waals surface area (Å²) in [5.74, 6) is -3.70. The molecule has 0 radical (unpaired) electrons. The van der Waals surface area contributed by atoms with E-state index in [0.29, 0.717) is 44.4 Å². The minimum atomic E-state index is -0.969. The first-order valence-electron chi connectivity index (χ1n) is 11.0. The second-order valence-electron chi connectivity index (χ2n) is 8.32. The number of nitrogens with one attached hydrogen (secondary N) is 2. The zero-order valence-corrected chi connectivity index (χ0v) is 18.9. The van der Waals surface area contributed by atoms with Gasteiger partial charge in [-0.15, -0.1) is 0 Å². The van der Waals surface area contributed by atoms with Crippen LogP contribution in [-0.2, 0) is 11.3 Å². The molecule has 0 saturated carbocycles. The summed E-state index contributed by atoms with van der Waals surface area (Å²) >= 11 is 0. The number of amides is 2. The number of benzene rings is 1. The fourth-order valence-corrected chi connectivity index (χ4v) is 4.72. The summed E-state index contributed by atoms with van der Waals surface area (Å²) in [6, 6.07) is 2.31. The summed E-state index contributed by atoms with van der Waals surface area (Å²) in [6.45, 7) is 3.08. The fourth-order valence-electron chi connectivity index (χ4n) is 4.72. The zero-order valence-electron chi connectivity index (χ0n) is 18.9. The monoisotopic (exact) mass is 476 g/mol. The molecular weight excluding hydrogens is 450 g/mol. The van der Waals surface area contributed by atoms with Gasteiger partial charge in [0.05, 0.1) is 24.4 Å². The van der Waals surface area contributed by atoms with Crippen LogP contribution in [0.5, 0.6) is 5.75 Å². The number of hydrogen-bond donors (Lipinski definition) is 3. The number of pyridine rings is 1. The van der Waals surface area contributed by atoms with E-state index in [0.717, 1.165) is 6.07 Å². The summed E-state index contributed by atoms with van der Waals surface area (Å²) < 4.78 is 33.8. The molecule has 2 aromatic rings. The van der Waals surface area contributed by atoms with E-state index in [1.165, 1.54) is 18.1 Å². The van der Waals surface area contributed by atoms with Crippen LogP contribution in [-0.4, -0.2) is 59.7 Å². The quantitative estimate of drug-likeness (QED) is 0.532. The van der Waals surface area contributed by atoms with Crippen molar-refractivity contribution in [3.63, 3.8) is 0 Å². The van der Waals surface area contributed by atoms with Crippen molar-refractivity contribution >= 4 is 11.8 Å². The standard InChI is InChI=1S/C23H26F2N4O5/c1-3-26-16-9-14-11-28(6-7-34-2)23(33)19-21(31)20(30)17(18(16)29(14)19)22(32)27-10-12-4-5-13(24)8-15(12)25/h4-5,8,14,16,26,31H,3,6-7,9-11H2,1-2H3,(H,27,32). The minimum absolute atomic E-state index is 0.0403. The van der Waals surface area contributed by atoms with Crippen LogP contribution < -0.4 is 16.1 Å². The molecule has 3 heterocycles. The molecule has 2 unspecified atom stereocenters. The minimum Gasteiger partial charge on any atom is -0.503 e. The number of aromatic nitrogens is 1. The lowest BCUT2D eigenvalue weighted by Gasteiger charge is -2.34. The number of nitrogens with zero attached hydrogens (tertiary/aromatic N) is 2. The second kappa shape index (κ2) is 9.51. The molecule has 182 valence electrons. The molecule has 0 bridgehead atoms. The molecule has 0 aliphatic carbocycles. The zero-order chi connectivity index (χ0) is 24.6. The molecule has 1 aromatic heterocycles. The Morgan fingerprint density at radius 2 is 2.06 bits per heavy atom. The van der Waals surface area contributed by atoms with E-state index in [9.17, 15) is 28.3 Å². The van der Waals surface area contributed by atoms with Crippen LogP contribution in [0.4, 0.5) is 8.78 Å². The largest absolute Gasteiger partial charge is 0.503 e. The van der Waals surface area contributed by atoms with E-state index in [1.54, 1.807) is 4.57 Å². The van der Waals surface area contributed by atoms with Crippen molar-refractivity contribution in [3.8, 4) is 5.75 Å². The maximum Gasteiger partial charge on any atom is 0.274 e. The van der Waals surface area contributed by atoms with Crippen LogP contribution in [0.25, 0.3) is 0 Å². The van der Waals surface area contributed by atoms with Gasteiger partial charge in [0.25, 0.3) is 11.8 Å². The van der Waals surface area contributed by atoms with Gasteiger partial charge in [0.15, 0.2) is 11.4 Å². The van der Waals surface area contributed by atoms with Crippen molar-refractivity contribution in [2.24, 2.45) is 0 Å². The highest BCUT2D eigenvalue weighted by Crippen LogP contribution is 2.42. The Balaban J connectivity index is 1.75. The van der Waals surface area contributed by atoms with Gasteiger partial charge < -0.3 is 29.9 Å². The van der Waals surface area contributed by atoms with Gasteiger partial charge in [-0.1, -0.05) is 13.0 Å². The van der Waals surface area contributed by atoms with Crippen LogP contribution in [0.15, 0.2) is 23.0 Å². The average molecular weight is 476 g/mol. The summed E-state index contributed by atoms with van der Waals surface area (Å²) in [7, 11) is 1.52. The molecular formula is C23H26F2N4O5. The maximum absolute atomic E-state index is 14.0. The summed E-state index contributed by atoms with van der Waals surface area (Å²) in [5, 5.41) is 16.5. The average Bonchev–Trinajstić information content (AvgIpc) is 3.14. The highest BCUT2D eigenvalue weighted by atomic mass is 19.1. The lowest BCUT2D eigenvalue weighted by Crippen LogP contribution is -2.45. The number of aromatic hydroxyl groups is 1. The van der Waals surface area contributed by atoms with Gasteiger partial charge in [0, 0.05) is 38.4 Å². The Morgan fingerprint density at radius 3 is 2.74 bits per heavy atom. The highest BCUT2D eigenvalue weighted by Gasteiger charge is 2.44. The predicted octanol–water partition coefficient (Wildman–Crippen LogP) is 1.46. The predicted molar refractivity (Wildman–Crippen MR) is 118 cm³/mol. The van der Waals surface area contributed by atoms with Crippen molar-refractivity contribution < 1.29 is 28.2 Å². The Hall–Kier alpha value is -3.31. The number of carbonyl (C=O) groups excluding carboxylic acids is 2. The van der Waals surface area contributed by atoms with E-state index >= 15 is 0 Å². The molecule has 0 fully saturated rings. The number of carbonyl (C=O) groups is 2. The molecule has 0 saturated heterocycles. The third-order valence-corrected chi connectivity index (χ3v) is 6.24. The van der Waals surface area contributed by atoms with Crippen molar-refractivity contribution in [1.29, 1.82) is 0 Å². The Kier molecular flexibility index (Phi) is 6.67. The van der Waals surface area contributed by atoms with Crippen LogP contribution in [0.1, 0.15) is 57.5 Å². The van der Waals surface area contributed by atoms with E-state index in [1.807, 2.05) is 6.92 Å². The molecule has 3 N–H and O–H groups in total. The molecule has 2 aliphatic heterocycles. The summed E-state index contributed by atoms with van der Waals surface area (Å²) in [6.07, 6.45) is 0.507. The van der Waals surface area contributed by atoms with Crippen molar-refractivity contribution in [3.05, 3.63) is 62.6 Å². The van der Waals surface area contributed by atoms with Crippen LogP contribution in [0.3, 0.4) is 0 Å². The number of rotatable bonds is 8. The molecule has 2 aliphatic rings. The fraction of sp³-hybridized carbons (Fsp3) is 0.435. The smallest absolute Gasteiger partial charge is 0.274 e. The third-order valence-electron chi connectivity index (χ3n) is 6.24. The molecule has 34 heavy (non-hydrogen) atoms. The van der Waals surface area contributed by atoms with Gasteiger partial charge >= 0.3 is 0 Å². The van der Waals surface area contributed by atoms with Gasteiger partial charge in [-0.2, -0.15) is 0 Å². The molecule has 11 heteroatoms. The lowest BCUT2D eigenvalue weighted by molar-refractivity contribution is 0.0597. The molecule has 4 rings (SSSR count). The van der Waals surface area contributed by atoms with E-state index in [4.69, 9.17) is 4.74 Å². The first-order valence-corrected chi connectivity index (χ1v) is 11.0. The van der Waals surface area contributed by atoms with Gasteiger partial charge in [0.2, 0.25) is 5.43 Å². The topological polar surface area (TPSA) is 113 Å². The first kappa shape index (κ1) is 23.8. The van der Waals surface area contributed by atoms with Crippen molar-refractivity contribution in [2.45, 2.75) is 32.0 Å². The summed E-state index contributed by atoms with van der Waals surface area (Å²) in [5.41, 5.74) is -1.05. The van der Waals surface area contributed by atoms with Crippen LogP contribution >= 0.6 is 0 Å². The normalized spacial score (nSPS) is 18.8. The van der Waals surface area contributed by atoms with Gasteiger partial charge in [0.1, 0.15) is 17.2 Å². The summed E-state index contributed by atoms with van der Waals surface area (Å²) in [4.78, 5) is 40.9. The van der Waals surface area contributed by atoms with Crippen LogP contribution in [0, 0.1) is 11.6 Å². The van der Waals surface area contributed by atoms with Crippen molar-refractivity contribution in [1.82, 2.24) is 20.1 Å². The molecule has 1 aromatic carbocycles. The Labute approximate surface area is 194 Å². The number of methoxy groups -OCH3 is 1.